The van der Waals surface area contributed by atoms with Crippen molar-refractivity contribution in [1.82, 2.24) is 5.32 Å². The van der Waals surface area contributed by atoms with Crippen molar-refractivity contribution in [2.75, 3.05) is 18.6 Å². The Morgan fingerprint density at radius 1 is 1.50 bits per heavy atom. The van der Waals surface area contributed by atoms with Crippen molar-refractivity contribution >= 4 is 32.8 Å². The van der Waals surface area contributed by atoms with Gasteiger partial charge in [-0.05, 0) is 32.0 Å². The maximum atomic E-state index is 10.9. The molecular formula is C10H16ClNO2S2. The highest BCUT2D eigenvalue weighted by Gasteiger charge is 2.08. The van der Waals surface area contributed by atoms with Crippen molar-refractivity contribution in [2.45, 2.75) is 19.4 Å². The molecule has 1 N–H and O–H groups in total. The van der Waals surface area contributed by atoms with Crippen LogP contribution in [0.2, 0.25) is 4.34 Å². The number of hydrogen-bond acceptors (Lipinski definition) is 4. The average Bonchev–Trinajstić information content (AvgIpc) is 2.57. The Morgan fingerprint density at radius 3 is 2.69 bits per heavy atom. The summed E-state index contributed by atoms with van der Waals surface area (Å²) in [5, 5.41) is 3.27. The van der Waals surface area contributed by atoms with Gasteiger partial charge in [-0.15, -0.1) is 11.3 Å². The zero-order valence-corrected chi connectivity index (χ0v) is 11.8. The molecule has 0 fully saturated rings. The number of rotatable bonds is 6. The molecule has 3 nitrogen and oxygen atoms in total. The summed E-state index contributed by atoms with van der Waals surface area (Å²) in [6, 6.07) is 4.08. The minimum Gasteiger partial charge on any atom is -0.309 e. The van der Waals surface area contributed by atoms with Gasteiger partial charge in [0.2, 0.25) is 0 Å². The molecule has 1 rings (SSSR count). The molecule has 0 aliphatic heterocycles. The first-order chi connectivity index (χ1) is 7.38. The van der Waals surface area contributed by atoms with Crippen molar-refractivity contribution in [3.8, 4) is 0 Å². The van der Waals surface area contributed by atoms with Crippen LogP contribution in [0.15, 0.2) is 12.1 Å². The van der Waals surface area contributed by atoms with Gasteiger partial charge in [-0.25, -0.2) is 8.42 Å². The molecule has 0 spiro atoms. The van der Waals surface area contributed by atoms with E-state index in [9.17, 15) is 8.42 Å². The third-order valence-corrected chi connectivity index (χ3v) is 4.61. The van der Waals surface area contributed by atoms with Gasteiger partial charge in [0.05, 0.1) is 10.1 Å². The lowest BCUT2D eigenvalue weighted by Crippen LogP contribution is -2.21. The summed E-state index contributed by atoms with van der Waals surface area (Å²) < 4.78 is 22.6. The van der Waals surface area contributed by atoms with Crippen LogP contribution in [0, 0.1) is 0 Å². The molecule has 0 amide bonds. The van der Waals surface area contributed by atoms with E-state index in [1.807, 2.05) is 19.1 Å². The minimum atomic E-state index is -2.84. The summed E-state index contributed by atoms with van der Waals surface area (Å²) in [5.41, 5.74) is 0. The quantitative estimate of drug-likeness (QED) is 0.815. The number of hydrogen-bond donors (Lipinski definition) is 1. The summed E-state index contributed by atoms with van der Waals surface area (Å²) in [6.45, 7) is 2.74. The van der Waals surface area contributed by atoms with Gasteiger partial charge in [0.15, 0.2) is 0 Å². The van der Waals surface area contributed by atoms with E-state index in [1.54, 1.807) is 11.3 Å². The average molecular weight is 282 g/mol. The van der Waals surface area contributed by atoms with Crippen molar-refractivity contribution in [1.29, 1.82) is 0 Å². The molecule has 0 aromatic carbocycles. The Morgan fingerprint density at radius 2 is 2.19 bits per heavy atom. The van der Waals surface area contributed by atoms with Gasteiger partial charge in [-0.3, -0.25) is 0 Å². The van der Waals surface area contributed by atoms with Crippen LogP contribution in [-0.4, -0.2) is 27.0 Å². The lowest BCUT2D eigenvalue weighted by atomic mass is 10.2. The van der Waals surface area contributed by atoms with Gasteiger partial charge in [0.1, 0.15) is 9.84 Å². The Kier molecular flexibility index (Phi) is 5.24. The fourth-order valence-electron chi connectivity index (χ4n) is 1.31. The highest BCUT2D eigenvalue weighted by molar-refractivity contribution is 7.90. The third-order valence-electron chi connectivity index (χ3n) is 2.16. The third kappa shape index (κ3) is 5.30. The monoisotopic (exact) mass is 281 g/mol. The van der Waals surface area contributed by atoms with Gasteiger partial charge in [0, 0.05) is 17.2 Å². The Bertz CT molecular complexity index is 428. The van der Waals surface area contributed by atoms with Crippen LogP contribution in [-0.2, 0) is 9.84 Å². The first-order valence-corrected chi connectivity index (χ1v) is 8.30. The van der Waals surface area contributed by atoms with Gasteiger partial charge in [0.25, 0.3) is 0 Å². The molecule has 0 saturated heterocycles. The number of nitrogens with one attached hydrogen (secondary N) is 1. The summed E-state index contributed by atoms with van der Waals surface area (Å²) in [6.07, 6.45) is 1.90. The van der Waals surface area contributed by atoms with Crippen LogP contribution in [0.1, 0.15) is 24.3 Å². The van der Waals surface area contributed by atoms with Crippen LogP contribution in [0.5, 0.6) is 0 Å². The van der Waals surface area contributed by atoms with E-state index in [0.29, 0.717) is 13.0 Å². The van der Waals surface area contributed by atoms with E-state index in [0.717, 1.165) is 4.34 Å². The first-order valence-electron chi connectivity index (χ1n) is 5.05. The molecule has 16 heavy (non-hydrogen) atoms. The molecule has 0 aliphatic carbocycles. The number of halogens is 1. The topological polar surface area (TPSA) is 46.2 Å². The molecule has 1 aromatic heterocycles. The molecule has 1 aromatic rings. The van der Waals surface area contributed by atoms with E-state index < -0.39 is 9.84 Å². The molecule has 6 heteroatoms. The van der Waals surface area contributed by atoms with E-state index in [4.69, 9.17) is 11.6 Å². The summed E-state index contributed by atoms with van der Waals surface area (Å²) in [5.74, 6) is 0.234. The zero-order valence-electron chi connectivity index (χ0n) is 9.36. The Labute approximate surface area is 106 Å². The summed E-state index contributed by atoms with van der Waals surface area (Å²) >= 11 is 7.38. The minimum absolute atomic E-state index is 0.220. The van der Waals surface area contributed by atoms with E-state index >= 15 is 0 Å². The smallest absolute Gasteiger partial charge is 0.147 e. The SMILES string of the molecule is CC(NCCCS(C)(=O)=O)c1ccc(Cl)s1. The lowest BCUT2D eigenvalue weighted by molar-refractivity contribution is 0.567. The second-order valence-corrected chi connectivity index (χ2v) is 7.81. The van der Waals surface area contributed by atoms with Crippen molar-refractivity contribution in [3.05, 3.63) is 21.3 Å². The second kappa shape index (κ2) is 6.00. The lowest BCUT2D eigenvalue weighted by Gasteiger charge is -2.11. The molecular weight excluding hydrogens is 266 g/mol. The summed E-state index contributed by atoms with van der Waals surface area (Å²) in [4.78, 5) is 1.17. The summed E-state index contributed by atoms with van der Waals surface area (Å²) in [7, 11) is -2.84. The van der Waals surface area contributed by atoms with Gasteiger partial charge in [-0.1, -0.05) is 11.6 Å². The molecule has 1 heterocycles. The number of sulfone groups is 1. The van der Waals surface area contributed by atoms with E-state index in [-0.39, 0.29) is 11.8 Å². The van der Waals surface area contributed by atoms with E-state index in [2.05, 4.69) is 5.32 Å². The van der Waals surface area contributed by atoms with E-state index in [1.165, 1.54) is 11.1 Å². The Hall–Kier alpha value is -0.100. The van der Waals surface area contributed by atoms with Crippen LogP contribution < -0.4 is 5.32 Å². The normalized spacial score (nSPS) is 13.9. The van der Waals surface area contributed by atoms with Crippen molar-refractivity contribution in [3.63, 3.8) is 0 Å². The highest BCUT2D eigenvalue weighted by atomic mass is 35.5. The first kappa shape index (κ1) is 14.0. The van der Waals surface area contributed by atoms with Crippen molar-refractivity contribution < 1.29 is 8.42 Å². The van der Waals surface area contributed by atoms with Gasteiger partial charge >= 0.3 is 0 Å². The van der Waals surface area contributed by atoms with Gasteiger partial charge in [-0.2, -0.15) is 0 Å². The van der Waals surface area contributed by atoms with Gasteiger partial charge < -0.3 is 5.32 Å². The molecule has 0 aliphatic rings. The fraction of sp³-hybridized carbons (Fsp3) is 0.600. The van der Waals surface area contributed by atoms with Crippen molar-refractivity contribution in [2.24, 2.45) is 0 Å². The fourth-order valence-corrected chi connectivity index (χ4v) is 3.07. The maximum Gasteiger partial charge on any atom is 0.147 e. The zero-order chi connectivity index (χ0) is 12.2. The standard InChI is InChI=1S/C10H16ClNO2S2/c1-8(9-4-5-10(11)15-9)12-6-3-7-16(2,13)14/h4-5,8,12H,3,6-7H2,1-2H3. The Balaban J connectivity index is 2.28. The predicted octanol–water partition coefficient (Wildman–Crippen LogP) is 2.49. The van der Waals surface area contributed by atoms with Crippen LogP contribution in [0.3, 0.4) is 0 Å². The number of thiophene rings is 1. The predicted molar refractivity (Wildman–Crippen MR) is 70.1 cm³/mol. The molecule has 1 atom stereocenters. The maximum absolute atomic E-state index is 10.9. The molecule has 0 radical (unpaired) electrons. The van der Waals surface area contributed by atoms with Crippen LogP contribution in [0.25, 0.3) is 0 Å². The molecule has 92 valence electrons. The van der Waals surface area contributed by atoms with Crippen LogP contribution in [0.4, 0.5) is 0 Å². The largest absolute Gasteiger partial charge is 0.309 e. The van der Waals surface area contributed by atoms with Crippen LogP contribution >= 0.6 is 22.9 Å². The molecule has 0 bridgehead atoms. The second-order valence-electron chi connectivity index (χ2n) is 3.80. The molecule has 1 unspecified atom stereocenters. The highest BCUT2D eigenvalue weighted by Crippen LogP contribution is 2.26. The molecule has 0 saturated carbocycles.